The quantitative estimate of drug-likeness (QED) is 0.590. The molecule has 9 heteroatoms. The van der Waals surface area contributed by atoms with Gasteiger partial charge >= 0.3 is 0 Å². The van der Waals surface area contributed by atoms with Gasteiger partial charge in [-0.3, -0.25) is 9.59 Å². The maximum Gasteiger partial charge on any atom is 0.275 e. The first-order valence-corrected chi connectivity index (χ1v) is 11.5. The van der Waals surface area contributed by atoms with Crippen LogP contribution < -0.4 is 5.43 Å². The van der Waals surface area contributed by atoms with Crippen molar-refractivity contribution in [3.63, 3.8) is 0 Å². The summed E-state index contributed by atoms with van der Waals surface area (Å²) in [7, 11) is 1.58. The van der Waals surface area contributed by atoms with Gasteiger partial charge in [-0.05, 0) is 38.5 Å². The summed E-state index contributed by atoms with van der Waals surface area (Å²) < 4.78 is 20.2. The number of amides is 1. The van der Waals surface area contributed by atoms with E-state index in [1.165, 1.54) is 23.5 Å². The van der Waals surface area contributed by atoms with Gasteiger partial charge in [0, 0.05) is 36.8 Å². The normalized spacial score (nSPS) is 18.1. The predicted molar refractivity (Wildman–Crippen MR) is 124 cm³/mol. The summed E-state index contributed by atoms with van der Waals surface area (Å²) in [6.45, 7) is 6.05. The molecule has 3 heterocycles. The monoisotopic (exact) mass is 471 g/mol. The highest BCUT2D eigenvalue weighted by molar-refractivity contribution is 7.15. The van der Waals surface area contributed by atoms with E-state index >= 15 is 0 Å². The Bertz CT molecular complexity index is 1240. The van der Waals surface area contributed by atoms with E-state index in [1.54, 1.807) is 41.1 Å². The Balaban J connectivity index is 1.75. The summed E-state index contributed by atoms with van der Waals surface area (Å²) in [5.74, 6) is -1.27. The molecule has 1 aromatic carbocycles. The molecular formula is C24H26FN3O4S. The zero-order valence-corrected chi connectivity index (χ0v) is 19.7. The summed E-state index contributed by atoms with van der Waals surface area (Å²) in [5.41, 5.74) is 0.520. The van der Waals surface area contributed by atoms with E-state index in [0.717, 1.165) is 10.4 Å². The number of carbonyl (C=O) groups excluding carboxylic acids is 1. The van der Waals surface area contributed by atoms with Crippen LogP contribution in [0.3, 0.4) is 0 Å². The van der Waals surface area contributed by atoms with E-state index < -0.39 is 17.1 Å². The molecule has 2 atom stereocenters. The van der Waals surface area contributed by atoms with Gasteiger partial charge < -0.3 is 19.3 Å². The molecule has 1 aliphatic rings. The first kappa shape index (κ1) is 23.1. The minimum absolute atomic E-state index is 0.0135. The predicted octanol–water partition coefficient (Wildman–Crippen LogP) is 3.85. The molecule has 174 valence electrons. The van der Waals surface area contributed by atoms with Gasteiger partial charge in [0.15, 0.2) is 11.4 Å². The highest BCUT2D eigenvalue weighted by atomic mass is 32.1. The van der Waals surface area contributed by atoms with Gasteiger partial charge in [-0.1, -0.05) is 12.1 Å². The lowest BCUT2D eigenvalue weighted by Gasteiger charge is -2.44. The number of pyridine rings is 1. The van der Waals surface area contributed by atoms with Crippen molar-refractivity contribution < 1.29 is 19.0 Å². The summed E-state index contributed by atoms with van der Waals surface area (Å²) in [6.07, 6.45) is 3.83. The van der Waals surface area contributed by atoms with Crippen molar-refractivity contribution in [3.8, 4) is 16.3 Å². The van der Waals surface area contributed by atoms with Crippen molar-refractivity contribution in [2.45, 2.75) is 45.3 Å². The zero-order valence-electron chi connectivity index (χ0n) is 18.9. The Hall–Kier alpha value is -3.04. The molecule has 33 heavy (non-hydrogen) atoms. The van der Waals surface area contributed by atoms with Gasteiger partial charge in [-0.2, -0.15) is 0 Å². The number of benzene rings is 1. The Morgan fingerprint density at radius 2 is 1.94 bits per heavy atom. The Morgan fingerprint density at radius 3 is 2.58 bits per heavy atom. The molecule has 0 aliphatic carbocycles. The second kappa shape index (κ2) is 9.07. The molecule has 4 rings (SSSR count). The van der Waals surface area contributed by atoms with Crippen LogP contribution in [0.2, 0.25) is 0 Å². The van der Waals surface area contributed by atoms with Crippen LogP contribution in [0.15, 0.2) is 41.5 Å². The zero-order chi connectivity index (χ0) is 23.9. The van der Waals surface area contributed by atoms with Gasteiger partial charge in [-0.15, -0.1) is 11.3 Å². The molecule has 0 fully saturated rings. The molecule has 0 saturated heterocycles. The summed E-state index contributed by atoms with van der Waals surface area (Å²) >= 11 is 1.33. The van der Waals surface area contributed by atoms with Crippen molar-refractivity contribution in [3.05, 3.63) is 68.8 Å². The molecule has 1 amide bonds. The van der Waals surface area contributed by atoms with Crippen LogP contribution in [0.4, 0.5) is 4.39 Å². The number of hydrogen-bond acceptors (Lipinski definition) is 6. The number of thiazole rings is 1. The van der Waals surface area contributed by atoms with Crippen LogP contribution in [0.5, 0.6) is 5.75 Å². The number of carbonyl (C=O) groups is 1. The second-order valence-corrected chi connectivity index (χ2v) is 9.60. The third-order valence-corrected chi connectivity index (χ3v) is 7.00. The van der Waals surface area contributed by atoms with Gasteiger partial charge in [0.05, 0.1) is 24.3 Å². The molecule has 7 nitrogen and oxygen atoms in total. The van der Waals surface area contributed by atoms with Gasteiger partial charge in [0.1, 0.15) is 10.8 Å². The van der Waals surface area contributed by atoms with E-state index in [-0.39, 0.29) is 35.2 Å². The van der Waals surface area contributed by atoms with Crippen LogP contribution in [0, 0.1) is 5.82 Å². The van der Waals surface area contributed by atoms with E-state index in [4.69, 9.17) is 4.74 Å². The molecule has 1 N–H and O–H groups in total. The lowest BCUT2D eigenvalue weighted by atomic mass is 9.99. The van der Waals surface area contributed by atoms with Crippen LogP contribution in [-0.2, 0) is 11.2 Å². The number of aromatic hydroxyl groups is 1. The Morgan fingerprint density at radius 1 is 1.24 bits per heavy atom. The fourth-order valence-electron chi connectivity index (χ4n) is 4.32. The van der Waals surface area contributed by atoms with Crippen LogP contribution in [-0.4, -0.2) is 51.3 Å². The fourth-order valence-corrected chi connectivity index (χ4v) is 5.27. The smallest absolute Gasteiger partial charge is 0.275 e. The number of halogens is 1. The fraction of sp³-hybridized carbons (Fsp3) is 0.375. The number of nitrogens with zero attached hydrogens (tertiary/aromatic N) is 3. The Kier molecular flexibility index (Phi) is 6.36. The number of rotatable bonds is 6. The molecule has 0 bridgehead atoms. The average molecular weight is 472 g/mol. The molecule has 0 spiro atoms. The number of methoxy groups -OCH3 is 1. The molecule has 2 aromatic heterocycles. The van der Waals surface area contributed by atoms with Crippen LogP contribution in [0.1, 0.15) is 47.7 Å². The van der Waals surface area contributed by atoms with E-state index in [2.05, 4.69) is 4.98 Å². The minimum Gasteiger partial charge on any atom is -0.503 e. The molecular weight excluding hydrogens is 445 g/mol. The van der Waals surface area contributed by atoms with Crippen LogP contribution >= 0.6 is 11.3 Å². The highest BCUT2D eigenvalue weighted by Crippen LogP contribution is 2.35. The van der Waals surface area contributed by atoms with Gasteiger partial charge in [0.2, 0.25) is 5.43 Å². The van der Waals surface area contributed by atoms with Gasteiger partial charge in [0.25, 0.3) is 5.91 Å². The lowest BCUT2D eigenvalue weighted by molar-refractivity contribution is 0.0206. The van der Waals surface area contributed by atoms with Crippen molar-refractivity contribution >= 4 is 17.2 Å². The standard InChI is InChI=1S/C24H26FN3O4S/c1-13(2)28-19(12-32-4)14(3)27-11-18(21(29)22(30)20(27)24(28)31)23-26-10-17(33-23)9-15-5-7-16(25)8-6-15/h5-8,10-11,13-14,19,30H,9,12H2,1-4H3/t14-,19+/m0/s1. The highest BCUT2D eigenvalue weighted by Gasteiger charge is 2.41. The molecule has 0 saturated carbocycles. The topological polar surface area (TPSA) is 84.7 Å². The third kappa shape index (κ3) is 4.18. The molecule has 0 radical (unpaired) electrons. The third-order valence-electron chi connectivity index (χ3n) is 5.97. The van der Waals surface area contributed by atoms with Crippen LogP contribution in [0.25, 0.3) is 10.6 Å². The van der Waals surface area contributed by atoms with Crippen molar-refractivity contribution in [1.29, 1.82) is 0 Å². The van der Waals surface area contributed by atoms with E-state index in [0.29, 0.717) is 18.0 Å². The van der Waals surface area contributed by atoms with Crippen molar-refractivity contribution in [1.82, 2.24) is 14.5 Å². The Labute approximate surface area is 195 Å². The first-order chi connectivity index (χ1) is 15.7. The largest absolute Gasteiger partial charge is 0.503 e. The number of aromatic nitrogens is 2. The number of ether oxygens (including phenoxy) is 1. The first-order valence-electron chi connectivity index (χ1n) is 10.7. The van der Waals surface area contributed by atoms with Crippen molar-refractivity contribution in [2.75, 3.05) is 13.7 Å². The lowest BCUT2D eigenvalue weighted by Crippen LogP contribution is -2.55. The summed E-state index contributed by atoms with van der Waals surface area (Å²) in [4.78, 5) is 33.2. The molecule has 0 unspecified atom stereocenters. The molecule has 1 aliphatic heterocycles. The molecule has 3 aromatic rings. The van der Waals surface area contributed by atoms with Gasteiger partial charge in [-0.25, -0.2) is 9.37 Å². The summed E-state index contributed by atoms with van der Waals surface area (Å²) in [6, 6.07) is 5.60. The van der Waals surface area contributed by atoms with E-state index in [1.807, 2.05) is 20.8 Å². The van der Waals surface area contributed by atoms with E-state index in [9.17, 15) is 19.1 Å². The average Bonchev–Trinajstić information content (AvgIpc) is 3.23. The second-order valence-electron chi connectivity index (χ2n) is 8.48. The maximum atomic E-state index is 13.3. The summed E-state index contributed by atoms with van der Waals surface area (Å²) in [5, 5.41) is 11.2. The maximum absolute atomic E-state index is 13.3. The SMILES string of the molecule is COC[C@@H]1[C@H](C)n2cc(-c3ncc(Cc4ccc(F)cc4)s3)c(=O)c(O)c2C(=O)N1C(C)C. The number of hydrogen-bond donors (Lipinski definition) is 1. The number of fused-ring (bicyclic) bond motifs is 1. The van der Waals surface area contributed by atoms with Crippen molar-refractivity contribution in [2.24, 2.45) is 0 Å². The minimum atomic E-state index is -0.627.